The lowest BCUT2D eigenvalue weighted by Gasteiger charge is -2.31. The average Bonchev–Trinajstić information content (AvgIpc) is 3.10. The number of aliphatic carboxylic acids is 1. The lowest BCUT2D eigenvalue weighted by Crippen LogP contribution is -2.57. The number of aliphatic hydroxyl groups excluding tert-OH is 1. The summed E-state index contributed by atoms with van der Waals surface area (Å²) in [4.78, 5) is 39.5. The Morgan fingerprint density at radius 3 is 2.44 bits per heavy atom. The molecule has 0 spiro atoms. The zero-order valence-electron chi connectivity index (χ0n) is 19.6. The number of aromatic hydroxyl groups is 1. The standard InChI is InChI=1S/C25H30N2O6S/c1-14-10-17(15(2)19(28)11-14)22(30)26-18(12-16-8-6-5-7-9-16)20(29)23(31)27-13-34-25(3,4)21(27)24(32)33/h5-11,18,20-21,28-29H,12-13H2,1-4H3,(H,26,30)(H,32,33)/t18-,20-,21+/m0/s1. The molecule has 1 heterocycles. The van der Waals surface area contributed by atoms with E-state index in [-0.39, 0.29) is 23.6 Å². The SMILES string of the molecule is Cc1cc(O)c(C)c(C(=O)N[C@@H](Cc2ccccc2)[C@H](O)C(=O)N2CSC(C)(C)[C@H]2C(=O)O)c1. The van der Waals surface area contributed by atoms with Gasteiger partial charge in [0.2, 0.25) is 0 Å². The van der Waals surface area contributed by atoms with Crippen LogP contribution in [0.1, 0.15) is 40.9 Å². The van der Waals surface area contributed by atoms with Crippen LogP contribution >= 0.6 is 11.8 Å². The predicted molar refractivity (Wildman–Crippen MR) is 130 cm³/mol. The fourth-order valence-electron chi connectivity index (χ4n) is 4.16. The van der Waals surface area contributed by atoms with Crippen LogP contribution in [0.2, 0.25) is 0 Å². The van der Waals surface area contributed by atoms with Gasteiger partial charge < -0.3 is 25.5 Å². The van der Waals surface area contributed by atoms with Gasteiger partial charge in [0.1, 0.15) is 11.8 Å². The zero-order chi connectivity index (χ0) is 25.2. The van der Waals surface area contributed by atoms with Crippen LogP contribution in [0.15, 0.2) is 42.5 Å². The summed E-state index contributed by atoms with van der Waals surface area (Å²) < 4.78 is -0.727. The molecule has 1 aliphatic rings. The van der Waals surface area contributed by atoms with E-state index in [0.717, 1.165) is 10.5 Å². The largest absolute Gasteiger partial charge is 0.508 e. The molecule has 9 heteroatoms. The quantitative estimate of drug-likeness (QED) is 0.473. The van der Waals surface area contributed by atoms with E-state index in [4.69, 9.17) is 0 Å². The number of hydrogen-bond acceptors (Lipinski definition) is 6. The second kappa shape index (κ2) is 10.1. The summed E-state index contributed by atoms with van der Waals surface area (Å²) in [5, 5.41) is 33.7. The zero-order valence-corrected chi connectivity index (χ0v) is 20.4. The van der Waals surface area contributed by atoms with E-state index >= 15 is 0 Å². The topological polar surface area (TPSA) is 127 Å². The summed E-state index contributed by atoms with van der Waals surface area (Å²) >= 11 is 1.32. The third-order valence-corrected chi connectivity index (χ3v) is 7.46. The van der Waals surface area contributed by atoms with Crippen LogP contribution in [-0.2, 0) is 16.0 Å². The molecular formula is C25H30N2O6S. The minimum atomic E-state index is -1.67. The molecule has 0 radical (unpaired) electrons. The van der Waals surface area contributed by atoms with Crippen molar-refractivity contribution in [1.82, 2.24) is 10.2 Å². The van der Waals surface area contributed by atoms with Crippen LogP contribution in [0.4, 0.5) is 0 Å². The summed E-state index contributed by atoms with van der Waals surface area (Å²) in [7, 11) is 0. The van der Waals surface area contributed by atoms with Gasteiger partial charge in [-0.15, -0.1) is 11.8 Å². The number of rotatable bonds is 7. The van der Waals surface area contributed by atoms with E-state index < -0.39 is 40.7 Å². The van der Waals surface area contributed by atoms with Gasteiger partial charge in [-0.3, -0.25) is 9.59 Å². The van der Waals surface area contributed by atoms with Crippen molar-refractivity contribution in [2.45, 2.75) is 57.1 Å². The smallest absolute Gasteiger partial charge is 0.327 e. The molecule has 2 amide bonds. The Morgan fingerprint density at radius 2 is 1.82 bits per heavy atom. The number of aryl methyl sites for hydroxylation is 1. The molecule has 2 aromatic carbocycles. The molecule has 1 fully saturated rings. The van der Waals surface area contributed by atoms with E-state index in [1.54, 1.807) is 39.8 Å². The van der Waals surface area contributed by atoms with Crippen LogP contribution in [-0.4, -0.2) is 66.8 Å². The van der Waals surface area contributed by atoms with Gasteiger partial charge >= 0.3 is 5.97 Å². The molecule has 3 atom stereocenters. The van der Waals surface area contributed by atoms with Gasteiger partial charge in [-0.1, -0.05) is 30.3 Å². The number of phenolic OH excluding ortho intramolecular Hbond substituents is 1. The van der Waals surface area contributed by atoms with Crippen molar-refractivity contribution in [2.24, 2.45) is 0 Å². The number of hydrogen-bond donors (Lipinski definition) is 4. The van der Waals surface area contributed by atoms with E-state index in [9.17, 15) is 29.7 Å². The van der Waals surface area contributed by atoms with Crippen molar-refractivity contribution in [3.05, 3.63) is 64.7 Å². The second-order valence-electron chi connectivity index (χ2n) is 9.10. The molecule has 0 aliphatic carbocycles. The number of aliphatic hydroxyl groups is 1. The number of carbonyl (C=O) groups excluding carboxylic acids is 2. The minimum Gasteiger partial charge on any atom is -0.508 e. The third-order valence-electron chi connectivity index (χ3n) is 6.08. The van der Waals surface area contributed by atoms with E-state index in [1.807, 2.05) is 30.3 Å². The number of carboxylic acids is 1. The molecule has 4 N–H and O–H groups in total. The maximum Gasteiger partial charge on any atom is 0.327 e. The minimum absolute atomic E-state index is 0.0259. The van der Waals surface area contributed by atoms with E-state index in [1.165, 1.54) is 11.8 Å². The highest BCUT2D eigenvalue weighted by Gasteiger charge is 2.50. The Labute approximate surface area is 203 Å². The lowest BCUT2D eigenvalue weighted by atomic mass is 9.97. The molecule has 0 unspecified atom stereocenters. The highest BCUT2D eigenvalue weighted by Crippen LogP contribution is 2.39. The van der Waals surface area contributed by atoms with Gasteiger partial charge in [-0.25, -0.2) is 4.79 Å². The Morgan fingerprint density at radius 1 is 1.18 bits per heavy atom. The van der Waals surface area contributed by atoms with E-state index in [0.29, 0.717) is 11.1 Å². The van der Waals surface area contributed by atoms with Crippen LogP contribution < -0.4 is 5.32 Å². The number of benzene rings is 2. The van der Waals surface area contributed by atoms with Crippen molar-refractivity contribution < 1.29 is 29.7 Å². The highest BCUT2D eigenvalue weighted by molar-refractivity contribution is 8.00. The van der Waals surface area contributed by atoms with Gasteiger partial charge in [0.25, 0.3) is 11.8 Å². The Bertz CT molecular complexity index is 1090. The first-order valence-electron chi connectivity index (χ1n) is 10.9. The van der Waals surface area contributed by atoms with Crippen LogP contribution in [0, 0.1) is 13.8 Å². The van der Waals surface area contributed by atoms with Crippen molar-refractivity contribution in [2.75, 3.05) is 5.88 Å². The van der Waals surface area contributed by atoms with Gasteiger partial charge in [0, 0.05) is 15.9 Å². The number of amides is 2. The molecule has 1 aliphatic heterocycles. The Hall–Kier alpha value is -3.04. The number of nitrogens with one attached hydrogen (secondary N) is 1. The molecule has 182 valence electrons. The lowest BCUT2D eigenvalue weighted by molar-refractivity contribution is -0.154. The average molecular weight is 487 g/mol. The summed E-state index contributed by atoms with van der Waals surface area (Å²) in [5.74, 6) is -2.35. The fraction of sp³-hybridized carbons (Fsp3) is 0.400. The first kappa shape index (κ1) is 25.6. The third kappa shape index (κ3) is 5.37. The molecule has 0 bridgehead atoms. The molecule has 1 saturated heterocycles. The number of phenols is 1. The van der Waals surface area contributed by atoms with Crippen LogP contribution in [0.25, 0.3) is 0 Å². The highest BCUT2D eigenvalue weighted by atomic mass is 32.2. The maximum absolute atomic E-state index is 13.3. The molecular weight excluding hydrogens is 456 g/mol. The fourth-order valence-corrected chi connectivity index (χ4v) is 5.29. The summed E-state index contributed by atoms with van der Waals surface area (Å²) in [5.41, 5.74) is 2.09. The molecule has 2 aromatic rings. The van der Waals surface area contributed by atoms with Crippen LogP contribution in [0.3, 0.4) is 0 Å². The van der Waals surface area contributed by atoms with E-state index in [2.05, 4.69) is 5.32 Å². The summed E-state index contributed by atoms with van der Waals surface area (Å²) in [6, 6.07) is 10.1. The number of thioether (sulfide) groups is 1. The molecule has 8 nitrogen and oxygen atoms in total. The second-order valence-corrected chi connectivity index (χ2v) is 10.7. The number of nitrogens with zero attached hydrogens (tertiary/aromatic N) is 1. The van der Waals surface area contributed by atoms with Crippen molar-refractivity contribution in [3.8, 4) is 5.75 Å². The van der Waals surface area contributed by atoms with Crippen molar-refractivity contribution >= 4 is 29.5 Å². The Kier molecular flexibility index (Phi) is 7.57. The summed E-state index contributed by atoms with van der Waals surface area (Å²) in [6.07, 6.45) is -1.52. The van der Waals surface area contributed by atoms with Gasteiger partial charge in [-0.05, 0) is 57.4 Å². The number of carboxylic acid groups (broad SMARTS) is 1. The maximum atomic E-state index is 13.3. The first-order chi connectivity index (χ1) is 15.9. The Balaban J connectivity index is 1.90. The first-order valence-corrected chi connectivity index (χ1v) is 11.9. The molecule has 0 aromatic heterocycles. The predicted octanol–water partition coefficient (Wildman–Crippen LogP) is 2.48. The number of carbonyl (C=O) groups is 3. The molecule has 3 rings (SSSR count). The van der Waals surface area contributed by atoms with Crippen LogP contribution in [0.5, 0.6) is 5.75 Å². The van der Waals surface area contributed by atoms with Gasteiger partial charge in [-0.2, -0.15) is 0 Å². The summed E-state index contributed by atoms with van der Waals surface area (Å²) in [6.45, 7) is 6.84. The monoisotopic (exact) mass is 486 g/mol. The normalized spacial score (nSPS) is 18.9. The van der Waals surface area contributed by atoms with Crippen molar-refractivity contribution in [1.29, 1.82) is 0 Å². The van der Waals surface area contributed by atoms with Gasteiger partial charge in [0.15, 0.2) is 6.10 Å². The van der Waals surface area contributed by atoms with Gasteiger partial charge in [0.05, 0.1) is 11.9 Å². The van der Waals surface area contributed by atoms with Crippen molar-refractivity contribution in [3.63, 3.8) is 0 Å². The molecule has 34 heavy (non-hydrogen) atoms. The molecule has 0 saturated carbocycles.